The largest absolute Gasteiger partial charge is 0.391 e. The summed E-state index contributed by atoms with van der Waals surface area (Å²) in [5, 5.41) is 22.1. The molecule has 1 saturated heterocycles. The Balaban J connectivity index is 1.30. The highest BCUT2D eigenvalue weighted by atomic mass is 16.3. The van der Waals surface area contributed by atoms with Crippen molar-refractivity contribution in [3.05, 3.63) is 11.9 Å². The summed E-state index contributed by atoms with van der Waals surface area (Å²) in [6, 6.07) is -1.37. The van der Waals surface area contributed by atoms with Crippen molar-refractivity contribution in [2.75, 3.05) is 6.54 Å². The van der Waals surface area contributed by atoms with Crippen LogP contribution in [0.2, 0.25) is 0 Å². The van der Waals surface area contributed by atoms with Crippen molar-refractivity contribution < 1.29 is 19.5 Å². The number of likely N-dealkylation sites (tertiary alicyclic amines) is 1. The molecule has 10 heteroatoms. The molecule has 5 rings (SSSR count). The molecule has 1 aromatic heterocycles. The number of aromatic nitrogens is 3. The van der Waals surface area contributed by atoms with Gasteiger partial charge in [-0.15, -0.1) is 5.10 Å². The minimum Gasteiger partial charge on any atom is -0.391 e. The summed E-state index contributed by atoms with van der Waals surface area (Å²) in [6.07, 6.45) is 5.85. The van der Waals surface area contributed by atoms with Gasteiger partial charge in [0.2, 0.25) is 17.7 Å². The topological polar surface area (TPSA) is 143 Å². The lowest BCUT2D eigenvalue weighted by atomic mass is 9.71. The van der Waals surface area contributed by atoms with E-state index in [0.29, 0.717) is 18.3 Å². The van der Waals surface area contributed by atoms with Crippen LogP contribution < -0.4 is 11.1 Å². The van der Waals surface area contributed by atoms with Gasteiger partial charge >= 0.3 is 0 Å². The van der Waals surface area contributed by atoms with E-state index in [-0.39, 0.29) is 48.6 Å². The fraction of sp³-hybridized carbons (Fsp3) is 0.792. The predicted octanol–water partition coefficient (Wildman–Crippen LogP) is 0.721. The van der Waals surface area contributed by atoms with Crippen LogP contribution in [0.1, 0.15) is 76.9 Å². The third-order valence-electron chi connectivity index (χ3n) is 8.26. The number of aliphatic hydroxyl groups excluding tert-OH is 1. The number of nitrogens with two attached hydrogens (primary N) is 1. The van der Waals surface area contributed by atoms with E-state index in [1.54, 1.807) is 4.68 Å². The summed E-state index contributed by atoms with van der Waals surface area (Å²) in [6.45, 7) is 6.03. The highest BCUT2D eigenvalue weighted by Gasteiger charge is 2.51. The van der Waals surface area contributed by atoms with Crippen molar-refractivity contribution in [1.29, 1.82) is 0 Å². The van der Waals surface area contributed by atoms with Gasteiger partial charge in [0.1, 0.15) is 12.1 Å². The van der Waals surface area contributed by atoms with Gasteiger partial charge in [-0.05, 0) is 49.4 Å². The van der Waals surface area contributed by atoms with Crippen LogP contribution in [0.4, 0.5) is 0 Å². The van der Waals surface area contributed by atoms with Crippen molar-refractivity contribution in [1.82, 2.24) is 25.2 Å². The van der Waals surface area contributed by atoms with Crippen molar-refractivity contribution >= 4 is 17.7 Å². The van der Waals surface area contributed by atoms with Crippen LogP contribution in [0.25, 0.3) is 0 Å². The van der Waals surface area contributed by atoms with Gasteiger partial charge in [0.15, 0.2) is 0 Å². The molecule has 4 fully saturated rings. The number of fused-ring (bicyclic) bond motifs is 1. The van der Waals surface area contributed by atoms with Crippen LogP contribution in [0.3, 0.4) is 0 Å². The molecule has 7 atom stereocenters. The van der Waals surface area contributed by atoms with E-state index < -0.39 is 23.6 Å². The van der Waals surface area contributed by atoms with Crippen LogP contribution in [0.5, 0.6) is 0 Å². The van der Waals surface area contributed by atoms with Gasteiger partial charge in [-0.1, -0.05) is 26.0 Å². The average molecular weight is 473 g/mol. The average Bonchev–Trinajstić information content (AvgIpc) is 3.18. The second kappa shape index (κ2) is 8.32. The zero-order chi connectivity index (χ0) is 24.4. The Bertz CT molecular complexity index is 982. The summed E-state index contributed by atoms with van der Waals surface area (Å²) in [5.41, 5.74) is 5.93. The van der Waals surface area contributed by atoms with Crippen LogP contribution >= 0.6 is 0 Å². The lowest BCUT2D eigenvalue weighted by Crippen LogP contribution is -2.56. The number of rotatable bonds is 6. The number of hydrogen-bond acceptors (Lipinski definition) is 6. The van der Waals surface area contributed by atoms with Crippen molar-refractivity contribution in [3.8, 4) is 0 Å². The molecule has 3 saturated carbocycles. The molecule has 3 unspecified atom stereocenters. The second-order valence-corrected chi connectivity index (χ2v) is 11.9. The first-order valence-corrected chi connectivity index (χ1v) is 12.5. The van der Waals surface area contributed by atoms with Gasteiger partial charge in [-0.25, -0.2) is 4.68 Å². The Kier molecular flexibility index (Phi) is 5.69. The van der Waals surface area contributed by atoms with E-state index in [9.17, 15) is 19.5 Å². The van der Waals surface area contributed by atoms with Crippen molar-refractivity contribution in [2.45, 2.75) is 89.4 Å². The second-order valence-electron chi connectivity index (χ2n) is 11.9. The molecule has 4 N–H and O–H groups in total. The van der Waals surface area contributed by atoms with E-state index in [0.717, 1.165) is 31.4 Å². The molecule has 0 radical (unpaired) electrons. The molecule has 0 aromatic carbocycles. The molecule has 3 aliphatic carbocycles. The van der Waals surface area contributed by atoms with E-state index >= 15 is 0 Å². The maximum atomic E-state index is 13.8. The number of β-amino-alcohol motifs (C(OH)–C–C–N with tert-alkyl or cyclic N) is 1. The Morgan fingerprint density at radius 1 is 1.18 bits per heavy atom. The molecule has 4 aliphatic rings. The molecule has 0 bridgehead atoms. The van der Waals surface area contributed by atoms with Crippen LogP contribution in [-0.2, 0) is 14.4 Å². The molecule has 186 valence electrons. The van der Waals surface area contributed by atoms with Crippen LogP contribution in [0, 0.1) is 23.2 Å². The summed E-state index contributed by atoms with van der Waals surface area (Å²) in [7, 11) is 0. The minimum atomic E-state index is -0.752. The number of primary amides is 1. The van der Waals surface area contributed by atoms with Crippen molar-refractivity contribution in [3.63, 3.8) is 0 Å². The van der Waals surface area contributed by atoms with Gasteiger partial charge in [0, 0.05) is 37.0 Å². The summed E-state index contributed by atoms with van der Waals surface area (Å²) in [5.74, 6) is 0.273. The first-order chi connectivity index (χ1) is 16.0. The molecule has 34 heavy (non-hydrogen) atoms. The quantitative estimate of drug-likeness (QED) is 0.557. The van der Waals surface area contributed by atoms with Gasteiger partial charge in [0.25, 0.3) is 0 Å². The normalized spacial score (nSPS) is 33.8. The first kappa shape index (κ1) is 23.3. The first-order valence-electron chi connectivity index (χ1n) is 12.5. The monoisotopic (exact) mass is 472 g/mol. The van der Waals surface area contributed by atoms with Gasteiger partial charge in [0.05, 0.1) is 11.8 Å². The van der Waals surface area contributed by atoms with E-state index in [4.69, 9.17) is 5.73 Å². The molecular weight excluding hydrogens is 436 g/mol. The molecule has 10 nitrogen and oxygen atoms in total. The van der Waals surface area contributed by atoms with Gasteiger partial charge < -0.3 is 21.1 Å². The van der Waals surface area contributed by atoms with Crippen molar-refractivity contribution in [2.24, 2.45) is 28.9 Å². The minimum absolute atomic E-state index is 0.00799. The number of hydrogen-bond donors (Lipinski definition) is 3. The zero-order valence-electron chi connectivity index (χ0n) is 20.2. The highest BCUT2D eigenvalue weighted by molar-refractivity contribution is 5.90. The third-order valence-corrected chi connectivity index (χ3v) is 8.26. The molecule has 1 aliphatic heterocycles. The molecule has 0 spiro atoms. The predicted molar refractivity (Wildman–Crippen MR) is 122 cm³/mol. The molecule has 3 amide bonds. The molecule has 1 aromatic rings. The Morgan fingerprint density at radius 2 is 1.91 bits per heavy atom. The standard InChI is InChI=1S/C24H36N6O4/c1-24(2,3)20(30-11-18(27-28-30)12-4-5-12)23(34)29-10-15(31)9-19(29)22(33)26-17-8-13-6-14(21(25)32)7-16(13)17/h11-17,19-20,31H,4-10H2,1-3H3,(H2,25,32)(H,26,33)/t13-,14?,15?,16-,17-,19?,20+/m1/s1. The Labute approximate surface area is 199 Å². The van der Waals surface area contributed by atoms with Gasteiger partial charge in [-0.2, -0.15) is 0 Å². The van der Waals surface area contributed by atoms with Crippen LogP contribution in [0.15, 0.2) is 6.20 Å². The summed E-state index contributed by atoms with van der Waals surface area (Å²) >= 11 is 0. The van der Waals surface area contributed by atoms with E-state index in [1.165, 1.54) is 4.90 Å². The number of nitrogens with zero attached hydrogens (tertiary/aromatic N) is 4. The number of amides is 3. The lowest BCUT2D eigenvalue weighted by Gasteiger charge is -2.42. The smallest absolute Gasteiger partial charge is 0.248 e. The fourth-order valence-electron chi connectivity index (χ4n) is 6.23. The lowest BCUT2D eigenvalue weighted by molar-refractivity contribution is -0.144. The molecular formula is C24H36N6O4. The maximum absolute atomic E-state index is 13.8. The van der Waals surface area contributed by atoms with E-state index in [1.807, 2.05) is 27.0 Å². The number of nitrogens with one attached hydrogen (secondary N) is 1. The number of carbonyl (C=O) groups is 3. The Hall–Kier alpha value is -2.49. The third kappa shape index (κ3) is 4.21. The summed E-state index contributed by atoms with van der Waals surface area (Å²) < 4.78 is 1.63. The zero-order valence-corrected chi connectivity index (χ0v) is 20.2. The highest BCUT2D eigenvalue weighted by Crippen LogP contribution is 2.49. The Morgan fingerprint density at radius 3 is 2.56 bits per heavy atom. The van der Waals surface area contributed by atoms with Gasteiger partial charge in [-0.3, -0.25) is 14.4 Å². The van der Waals surface area contributed by atoms with Crippen LogP contribution in [-0.4, -0.2) is 67.5 Å². The SMILES string of the molecule is CC(C)(C)[C@H](C(=O)N1CC(O)CC1C(=O)N[C@@H]1C[C@H]2CC(C(N)=O)C[C@H]21)n1cc(C2CC2)nn1. The van der Waals surface area contributed by atoms with E-state index in [2.05, 4.69) is 15.6 Å². The summed E-state index contributed by atoms with van der Waals surface area (Å²) in [4.78, 5) is 40.2. The maximum Gasteiger partial charge on any atom is 0.248 e. The number of aliphatic hydroxyl groups is 1. The number of carbonyl (C=O) groups excluding carboxylic acids is 3. The molecule has 2 heterocycles. The fourth-order valence-corrected chi connectivity index (χ4v) is 6.23.